The molecule has 0 saturated carbocycles. The number of hydrogen-bond donors (Lipinski definition) is 0. The van der Waals surface area contributed by atoms with Gasteiger partial charge in [0.1, 0.15) is 6.33 Å². The molecule has 0 saturated heterocycles. The highest BCUT2D eigenvalue weighted by Gasteiger charge is 2.27. The van der Waals surface area contributed by atoms with E-state index < -0.39 is 11.6 Å². The molecule has 0 radical (unpaired) electrons. The maximum absolute atomic E-state index is 12.9. The molecule has 60 valence electrons. The van der Waals surface area contributed by atoms with E-state index in [1.54, 1.807) is 0 Å². The van der Waals surface area contributed by atoms with Gasteiger partial charge in [0.25, 0.3) is 5.91 Å². The summed E-state index contributed by atoms with van der Waals surface area (Å²) in [6, 6.07) is 0. The molecule has 11 heavy (non-hydrogen) atoms. The van der Waals surface area contributed by atoms with Gasteiger partial charge in [-0.15, -0.1) is 0 Å². The number of carbonyl (C=O) groups is 1. The van der Waals surface area contributed by atoms with E-state index in [0.29, 0.717) is 0 Å². The number of halogens is 1. The van der Waals surface area contributed by atoms with E-state index in [9.17, 15) is 9.18 Å². The van der Waals surface area contributed by atoms with Gasteiger partial charge in [-0.1, -0.05) is 0 Å². The minimum atomic E-state index is -1.83. The highest BCUT2D eigenvalue weighted by molar-refractivity contribution is 5.86. The van der Waals surface area contributed by atoms with Gasteiger partial charge in [0, 0.05) is 12.4 Å². The lowest BCUT2D eigenvalue weighted by Gasteiger charge is -2.11. The van der Waals surface area contributed by atoms with E-state index in [1.807, 2.05) is 0 Å². The average molecular weight is 156 g/mol. The highest BCUT2D eigenvalue weighted by atomic mass is 19.1. The van der Waals surface area contributed by atoms with E-state index in [2.05, 4.69) is 4.98 Å². The van der Waals surface area contributed by atoms with Crippen molar-refractivity contribution in [3.63, 3.8) is 0 Å². The molecule has 1 rings (SSSR count). The molecule has 0 spiro atoms. The Kier molecular flexibility index (Phi) is 1.76. The Labute approximate surface area is 63.9 Å². The molecular formula is C7H9FN2O. The molecule has 0 atom stereocenters. The fourth-order valence-corrected chi connectivity index (χ4v) is 0.686. The molecule has 0 N–H and O–H groups in total. The first-order chi connectivity index (χ1) is 5.02. The summed E-state index contributed by atoms with van der Waals surface area (Å²) in [6.45, 7) is 2.44. The van der Waals surface area contributed by atoms with Crippen LogP contribution in [0.5, 0.6) is 0 Å². The number of rotatable bonds is 1. The van der Waals surface area contributed by atoms with Crippen LogP contribution in [-0.2, 0) is 0 Å². The maximum Gasteiger partial charge on any atom is 0.268 e. The Morgan fingerprint density at radius 2 is 2.27 bits per heavy atom. The molecule has 1 heterocycles. The predicted octanol–water partition coefficient (Wildman–Crippen LogP) is 1.27. The van der Waals surface area contributed by atoms with Gasteiger partial charge in [0.2, 0.25) is 0 Å². The van der Waals surface area contributed by atoms with Crippen molar-refractivity contribution < 1.29 is 9.18 Å². The van der Waals surface area contributed by atoms with Crippen molar-refractivity contribution in [3.05, 3.63) is 18.7 Å². The molecule has 4 heteroatoms. The quantitative estimate of drug-likeness (QED) is 0.613. The van der Waals surface area contributed by atoms with Gasteiger partial charge in [0.05, 0.1) is 0 Å². The van der Waals surface area contributed by atoms with Gasteiger partial charge in [0.15, 0.2) is 5.67 Å². The highest BCUT2D eigenvalue weighted by Crippen LogP contribution is 2.10. The third-order valence-electron chi connectivity index (χ3n) is 1.25. The van der Waals surface area contributed by atoms with Crippen molar-refractivity contribution >= 4 is 5.91 Å². The molecule has 1 aromatic rings. The molecule has 0 aliphatic carbocycles. The van der Waals surface area contributed by atoms with Crippen LogP contribution in [-0.4, -0.2) is 21.1 Å². The van der Waals surface area contributed by atoms with Crippen LogP contribution in [0.4, 0.5) is 4.39 Å². The van der Waals surface area contributed by atoms with Crippen LogP contribution in [0.1, 0.15) is 18.6 Å². The maximum atomic E-state index is 12.9. The van der Waals surface area contributed by atoms with Crippen molar-refractivity contribution in [2.75, 3.05) is 0 Å². The number of aromatic nitrogens is 2. The molecule has 0 aliphatic rings. The molecular weight excluding hydrogens is 147 g/mol. The van der Waals surface area contributed by atoms with E-state index in [4.69, 9.17) is 0 Å². The minimum Gasteiger partial charge on any atom is -0.274 e. The van der Waals surface area contributed by atoms with Crippen molar-refractivity contribution in [1.82, 2.24) is 9.55 Å². The molecule has 0 aliphatic heterocycles. The number of nitrogens with zero attached hydrogens (tertiary/aromatic N) is 2. The molecule has 0 amide bonds. The van der Waals surface area contributed by atoms with Gasteiger partial charge >= 0.3 is 0 Å². The fraction of sp³-hybridized carbons (Fsp3) is 0.429. The van der Waals surface area contributed by atoms with Crippen molar-refractivity contribution in [1.29, 1.82) is 0 Å². The normalized spacial score (nSPS) is 11.5. The topological polar surface area (TPSA) is 34.9 Å². The van der Waals surface area contributed by atoms with Crippen molar-refractivity contribution in [2.45, 2.75) is 19.5 Å². The fourth-order valence-electron chi connectivity index (χ4n) is 0.686. The van der Waals surface area contributed by atoms with Crippen LogP contribution < -0.4 is 0 Å². The van der Waals surface area contributed by atoms with Gasteiger partial charge in [-0.3, -0.25) is 9.36 Å². The summed E-state index contributed by atoms with van der Waals surface area (Å²) in [5.74, 6) is -0.602. The number of alkyl halides is 1. The van der Waals surface area contributed by atoms with E-state index in [-0.39, 0.29) is 0 Å². The van der Waals surface area contributed by atoms with Crippen LogP contribution in [0.2, 0.25) is 0 Å². The van der Waals surface area contributed by atoms with Crippen LogP contribution in [0.3, 0.4) is 0 Å². The average Bonchev–Trinajstić information content (AvgIpc) is 2.34. The third-order valence-corrected chi connectivity index (χ3v) is 1.25. The Morgan fingerprint density at radius 3 is 2.64 bits per heavy atom. The first kappa shape index (κ1) is 7.91. The molecule has 0 aromatic carbocycles. The second kappa shape index (κ2) is 2.45. The number of imidazole rings is 1. The zero-order valence-corrected chi connectivity index (χ0v) is 6.41. The van der Waals surface area contributed by atoms with Crippen LogP contribution >= 0.6 is 0 Å². The first-order valence-electron chi connectivity index (χ1n) is 3.23. The van der Waals surface area contributed by atoms with Crippen LogP contribution in [0.15, 0.2) is 18.7 Å². The van der Waals surface area contributed by atoms with Gasteiger partial charge in [-0.2, -0.15) is 0 Å². The summed E-state index contributed by atoms with van der Waals surface area (Å²) in [6.07, 6.45) is 4.14. The monoisotopic (exact) mass is 156 g/mol. The van der Waals surface area contributed by atoms with Crippen LogP contribution in [0.25, 0.3) is 0 Å². The lowest BCUT2D eigenvalue weighted by atomic mass is 10.1. The largest absolute Gasteiger partial charge is 0.274 e. The van der Waals surface area contributed by atoms with Gasteiger partial charge in [-0.25, -0.2) is 9.37 Å². The summed E-state index contributed by atoms with van der Waals surface area (Å²) >= 11 is 0. The van der Waals surface area contributed by atoms with E-state index in [1.165, 1.54) is 32.6 Å². The molecule has 0 bridgehead atoms. The standard InChI is InChI=1S/C7H9FN2O/c1-7(2,8)6(11)10-4-3-9-5-10/h3-5H,1-2H3. The second-order valence-corrected chi connectivity index (χ2v) is 2.75. The minimum absolute atomic E-state index is 0.602. The van der Waals surface area contributed by atoms with Gasteiger partial charge < -0.3 is 0 Å². The Morgan fingerprint density at radius 1 is 1.64 bits per heavy atom. The molecule has 0 unspecified atom stereocenters. The summed E-state index contributed by atoms with van der Waals surface area (Å²) in [5, 5.41) is 0. The molecule has 0 fully saturated rings. The SMILES string of the molecule is CC(C)(F)C(=O)n1ccnc1. The number of hydrogen-bond acceptors (Lipinski definition) is 2. The van der Waals surface area contributed by atoms with Crippen LogP contribution in [0, 0.1) is 0 Å². The van der Waals surface area contributed by atoms with Gasteiger partial charge in [-0.05, 0) is 13.8 Å². The van der Waals surface area contributed by atoms with Crippen molar-refractivity contribution in [2.24, 2.45) is 0 Å². The zero-order valence-electron chi connectivity index (χ0n) is 6.41. The first-order valence-corrected chi connectivity index (χ1v) is 3.23. The predicted molar refractivity (Wildman–Crippen MR) is 38.0 cm³/mol. The van der Waals surface area contributed by atoms with Crippen molar-refractivity contribution in [3.8, 4) is 0 Å². The lowest BCUT2D eigenvalue weighted by Crippen LogP contribution is -2.30. The Hall–Kier alpha value is -1.19. The molecule has 1 aromatic heterocycles. The lowest BCUT2D eigenvalue weighted by molar-refractivity contribution is 0.0664. The second-order valence-electron chi connectivity index (χ2n) is 2.75. The third kappa shape index (κ3) is 1.63. The zero-order chi connectivity index (χ0) is 8.48. The Balaban J connectivity index is 2.88. The summed E-state index contributed by atoms with van der Waals surface area (Å²) in [4.78, 5) is 14.7. The van der Waals surface area contributed by atoms with E-state index in [0.717, 1.165) is 4.57 Å². The molecule has 3 nitrogen and oxygen atoms in total. The summed E-state index contributed by atoms with van der Waals surface area (Å²) in [5.41, 5.74) is -1.83. The summed E-state index contributed by atoms with van der Waals surface area (Å²) < 4.78 is 14.1. The smallest absolute Gasteiger partial charge is 0.268 e. The Bertz CT molecular complexity index is 248. The van der Waals surface area contributed by atoms with E-state index >= 15 is 0 Å². The summed E-state index contributed by atoms with van der Waals surface area (Å²) in [7, 11) is 0. The number of carbonyl (C=O) groups excluding carboxylic acids is 1.